The first kappa shape index (κ1) is 20.3. The van der Waals surface area contributed by atoms with Gasteiger partial charge in [-0.2, -0.15) is 0 Å². The van der Waals surface area contributed by atoms with Crippen LogP contribution in [0.4, 0.5) is 0 Å². The number of rotatable bonds is 6. The Morgan fingerprint density at radius 1 is 1.18 bits per heavy atom. The second-order valence-electron chi connectivity index (χ2n) is 6.44. The average molecular weight is 416 g/mol. The minimum Gasteiger partial charge on any atom is -0.447 e. The lowest BCUT2D eigenvalue weighted by molar-refractivity contribution is -0.157. The fourth-order valence-electron chi connectivity index (χ4n) is 2.68. The average Bonchev–Trinajstić information content (AvgIpc) is 2.99. The zero-order valence-corrected chi connectivity index (χ0v) is 17.8. The number of ether oxygens (including phenoxy) is 1. The number of amides is 1. The summed E-state index contributed by atoms with van der Waals surface area (Å²) in [4.78, 5) is 37.1. The Balaban J connectivity index is 1.75. The summed E-state index contributed by atoms with van der Waals surface area (Å²) in [6, 6.07) is 9.03. The van der Waals surface area contributed by atoms with Crippen molar-refractivity contribution in [3.63, 3.8) is 0 Å². The summed E-state index contributed by atoms with van der Waals surface area (Å²) in [6.45, 7) is 4.07. The number of likely N-dealkylation sites (N-methyl/N-ethyl adjacent to an activating group) is 1. The highest BCUT2D eigenvalue weighted by Gasteiger charge is 2.26. The van der Waals surface area contributed by atoms with Gasteiger partial charge in [-0.15, -0.1) is 11.3 Å². The maximum Gasteiger partial charge on any atom is 0.317 e. The summed E-state index contributed by atoms with van der Waals surface area (Å²) in [5.41, 5.74) is 1.77. The van der Waals surface area contributed by atoms with Gasteiger partial charge in [0.2, 0.25) is 6.10 Å². The lowest BCUT2D eigenvalue weighted by Gasteiger charge is -2.21. The van der Waals surface area contributed by atoms with E-state index in [0.29, 0.717) is 5.56 Å². The summed E-state index contributed by atoms with van der Waals surface area (Å²) in [5, 5.41) is 1.73. The molecule has 6 nitrogen and oxygen atoms in total. The molecule has 0 N–H and O–H groups in total. The molecule has 0 bridgehead atoms. The Morgan fingerprint density at radius 2 is 1.89 bits per heavy atom. The monoisotopic (exact) mass is 415 g/mol. The van der Waals surface area contributed by atoms with E-state index in [1.165, 1.54) is 27.9 Å². The Kier molecular flexibility index (Phi) is 6.31. The maximum absolute atomic E-state index is 12.5. The molecule has 0 aliphatic rings. The summed E-state index contributed by atoms with van der Waals surface area (Å²) >= 11 is 2.91. The number of aromatic nitrogens is 2. The molecule has 0 unspecified atom stereocenters. The van der Waals surface area contributed by atoms with E-state index < -0.39 is 12.1 Å². The molecule has 0 aliphatic carbocycles. The SMILES string of the molecule is Cc1sc2ncnc(SCC(=O)O[C@@H](C(=O)N(C)C)c3ccccc3)c2c1C. The third-order valence-electron chi connectivity index (χ3n) is 4.27. The van der Waals surface area contributed by atoms with Gasteiger partial charge >= 0.3 is 5.97 Å². The van der Waals surface area contributed by atoms with Crippen LogP contribution in [0.15, 0.2) is 41.7 Å². The number of thiophene rings is 1. The summed E-state index contributed by atoms with van der Waals surface area (Å²) < 4.78 is 5.54. The van der Waals surface area contributed by atoms with E-state index in [2.05, 4.69) is 9.97 Å². The molecule has 1 atom stereocenters. The van der Waals surface area contributed by atoms with E-state index in [0.717, 1.165) is 20.8 Å². The van der Waals surface area contributed by atoms with Crippen LogP contribution in [-0.4, -0.2) is 46.6 Å². The highest BCUT2D eigenvalue weighted by atomic mass is 32.2. The second kappa shape index (κ2) is 8.70. The van der Waals surface area contributed by atoms with Crippen LogP contribution in [0.5, 0.6) is 0 Å². The predicted octanol–water partition coefficient (Wildman–Crippen LogP) is 3.77. The highest BCUT2D eigenvalue weighted by molar-refractivity contribution is 8.00. The molecule has 146 valence electrons. The number of fused-ring (bicyclic) bond motifs is 1. The van der Waals surface area contributed by atoms with E-state index in [1.54, 1.807) is 37.6 Å². The van der Waals surface area contributed by atoms with E-state index in [-0.39, 0.29) is 11.7 Å². The number of aryl methyl sites for hydroxylation is 2. The third-order valence-corrected chi connectivity index (χ3v) is 6.35. The zero-order chi connectivity index (χ0) is 20.3. The van der Waals surface area contributed by atoms with Gasteiger partial charge < -0.3 is 9.64 Å². The minimum atomic E-state index is -0.958. The molecule has 0 fully saturated rings. The number of hydrogen-bond donors (Lipinski definition) is 0. The molecule has 0 saturated heterocycles. The van der Waals surface area contributed by atoms with Crippen molar-refractivity contribution in [2.24, 2.45) is 0 Å². The highest BCUT2D eigenvalue weighted by Crippen LogP contribution is 2.34. The van der Waals surface area contributed by atoms with Crippen molar-refractivity contribution in [2.75, 3.05) is 19.8 Å². The van der Waals surface area contributed by atoms with Crippen LogP contribution in [-0.2, 0) is 14.3 Å². The molecule has 0 aliphatic heterocycles. The normalized spacial score (nSPS) is 12.0. The molecule has 3 rings (SSSR count). The number of benzene rings is 1. The Bertz CT molecular complexity index is 1000. The molecule has 0 radical (unpaired) electrons. The van der Waals surface area contributed by atoms with Crippen LogP contribution >= 0.6 is 23.1 Å². The van der Waals surface area contributed by atoms with Crippen molar-refractivity contribution in [1.29, 1.82) is 0 Å². The fraction of sp³-hybridized carbons (Fsp3) is 0.300. The van der Waals surface area contributed by atoms with Crippen molar-refractivity contribution in [2.45, 2.75) is 25.0 Å². The molecule has 8 heteroatoms. The lowest BCUT2D eigenvalue weighted by atomic mass is 10.1. The standard InChI is InChI=1S/C20H21N3O3S2/c1-12-13(2)28-19-16(12)18(21-11-22-19)27-10-15(24)26-17(20(25)23(3)4)14-8-6-5-7-9-14/h5-9,11,17H,10H2,1-4H3/t17-/m1/s1. The quantitative estimate of drug-likeness (QED) is 0.347. The molecule has 0 saturated carbocycles. The van der Waals surface area contributed by atoms with Gasteiger partial charge in [-0.25, -0.2) is 9.97 Å². The van der Waals surface area contributed by atoms with Crippen molar-refractivity contribution >= 4 is 45.2 Å². The predicted molar refractivity (Wildman–Crippen MR) is 112 cm³/mol. The van der Waals surface area contributed by atoms with Gasteiger partial charge in [0.1, 0.15) is 16.2 Å². The zero-order valence-electron chi connectivity index (χ0n) is 16.1. The van der Waals surface area contributed by atoms with Gasteiger partial charge in [-0.05, 0) is 19.4 Å². The van der Waals surface area contributed by atoms with E-state index in [9.17, 15) is 9.59 Å². The van der Waals surface area contributed by atoms with Gasteiger partial charge in [0.25, 0.3) is 5.91 Å². The van der Waals surface area contributed by atoms with Gasteiger partial charge in [-0.1, -0.05) is 42.1 Å². The van der Waals surface area contributed by atoms with Crippen molar-refractivity contribution in [1.82, 2.24) is 14.9 Å². The Morgan fingerprint density at radius 3 is 2.57 bits per heavy atom. The van der Waals surface area contributed by atoms with Gasteiger partial charge in [0.05, 0.1) is 5.75 Å². The van der Waals surface area contributed by atoms with Crippen LogP contribution in [0.2, 0.25) is 0 Å². The smallest absolute Gasteiger partial charge is 0.317 e. The number of carbonyl (C=O) groups is 2. The third kappa shape index (κ3) is 4.34. The topological polar surface area (TPSA) is 72.4 Å². The van der Waals surface area contributed by atoms with Gasteiger partial charge in [0, 0.05) is 29.9 Å². The largest absolute Gasteiger partial charge is 0.447 e. The van der Waals surface area contributed by atoms with Crippen LogP contribution < -0.4 is 0 Å². The van der Waals surface area contributed by atoms with E-state index in [4.69, 9.17) is 4.74 Å². The molecule has 3 aromatic rings. The minimum absolute atomic E-state index is 0.0600. The first-order chi connectivity index (χ1) is 13.4. The first-order valence-corrected chi connectivity index (χ1v) is 10.5. The molecular weight excluding hydrogens is 394 g/mol. The van der Waals surface area contributed by atoms with Crippen LogP contribution in [0.1, 0.15) is 22.1 Å². The summed E-state index contributed by atoms with van der Waals surface area (Å²) in [6.07, 6.45) is 0.549. The number of thioether (sulfide) groups is 1. The van der Waals surface area contributed by atoms with E-state index >= 15 is 0 Å². The second-order valence-corrected chi connectivity index (χ2v) is 8.61. The number of nitrogens with zero attached hydrogens (tertiary/aromatic N) is 3. The van der Waals surface area contributed by atoms with E-state index in [1.807, 2.05) is 32.0 Å². The molecule has 1 aromatic carbocycles. The number of carbonyl (C=O) groups excluding carboxylic acids is 2. The van der Waals surface area contributed by atoms with Gasteiger partial charge in [0.15, 0.2) is 0 Å². The Labute approximate surface area is 171 Å². The molecule has 28 heavy (non-hydrogen) atoms. The van der Waals surface area contributed by atoms with Crippen LogP contribution in [0.25, 0.3) is 10.2 Å². The molecular formula is C20H21N3O3S2. The molecule has 2 aromatic heterocycles. The summed E-state index contributed by atoms with van der Waals surface area (Å²) in [5.74, 6) is -0.687. The first-order valence-electron chi connectivity index (χ1n) is 8.67. The van der Waals surface area contributed by atoms with Crippen LogP contribution in [0.3, 0.4) is 0 Å². The molecule has 2 heterocycles. The Hall–Kier alpha value is -2.45. The van der Waals surface area contributed by atoms with Gasteiger partial charge in [-0.3, -0.25) is 9.59 Å². The van der Waals surface area contributed by atoms with Crippen molar-refractivity contribution in [3.8, 4) is 0 Å². The lowest BCUT2D eigenvalue weighted by Crippen LogP contribution is -2.31. The maximum atomic E-state index is 12.5. The molecule has 1 amide bonds. The number of esters is 1. The molecule has 0 spiro atoms. The fourth-order valence-corrected chi connectivity index (χ4v) is 4.58. The summed E-state index contributed by atoms with van der Waals surface area (Å²) in [7, 11) is 3.28. The van der Waals surface area contributed by atoms with Crippen molar-refractivity contribution in [3.05, 3.63) is 52.7 Å². The van der Waals surface area contributed by atoms with Crippen molar-refractivity contribution < 1.29 is 14.3 Å². The number of hydrogen-bond acceptors (Lipinski definition) is 7. The van der Waals surface area contributed by atoms with Crippen LogP contribution in [0, 0.1) is 13.8 Å².